The summed E-state index contributed by atoms with van der Waals surface area (Å²) in [6, 6.07) is 5.24. The first kappa shape index (κ1) is 12.9. The highest BCUT2D eigenvalue weighted by Crippen LogP contribution is 2.27. The number of rotatable bonds is 4. The van der Waals surface area contributed by atoms with Gasteiger partial charge < -0.3 is 10.2 Å². The second-order valence-corrected chi connectivity index (χ2v) is 4.27. The number of hydrogen-bond donors (Lipinski definition) is 1. The first-order chi connectivity index (χ1) is 10.2. The van der Waals surface area contributed by atoms with Gasteiger partial charge in [-0.3, -0.25) is 9.78 Å². The molecule has 3 rings (SSSR count). The molecule has 3 heterocycles. The minimum absolute atomic E-state index is 0.0186. The van der Waals surface area contributed by atoms with Gasteiger partial charge in [-0.1, -0.05) is 0 Å². The van der Waals surface area contributed by atoms with Gasteiger partial charge in [0.15, 0.2) is 5.76 Å². The van der Waals surface area contributed by atoms with E-state index in [9.17, 15) is 4.79 Å². The van der Waals surface area contributed by atoms with Crippen molar-refractivity contribution < 1.29 is 9.21 Å². The van der Waals surface area contributed by atoms with Crippen LogP contribution in [-0.2, 0) is 11.2 Å². The zero-order valence-corrected chi connectivity index (χ0v) is 10.9. The second-order valence-electron chi connectivity index (χ2n) is 4.27. The van der Waals surface area contributed by atoms with Crippen molar-refractivity contribution in [3.05, 3.63) is 48.9 Å². The van der Waals surface area contributed by atoms with Crippen LogP contribution in [0, 0.1) is 0 Å². The molecule has 3 aromatic heterocycles. The summed E-state index contributed by atoms with van der Waals surface area (Å²) >= 11 is 0. The quantitative estimate of drug-likeness (QED) is 0.770. The van der Waals surface area contributed by atoms with E-state index in [0.717, 1.165) is 0 Å². The molecule has 104 valence electrons. The summed E-state index contributed by atoms with van der Waals surface area (Å²) in [4.78, 5) is 27.8. The zero-order chi connectivity index (χ0) is 14.7. The molecule has 3 aromatic rings. The normalized spacial score (nSPS) is 10.5. The molecular weight excluding hydrogens is 270 g/mol. The van der Waals surface area contributed by atoms with Crippen LogP contribution in [0.4, 0.5) is 0 Å². The van der Waals surface area contributed by atoms with Crippen LogP contribution in [-0.4, -0.2) is 25.8 Å². The van der Waals surface area contributed by atoms with E-state index >= 15 is 0 Å². The molecule has 0 bridgehead atoms. The molecule has 1 amide bonds. The fraction of sp³-hybridized carbons (Fsp3) is 0.0714. The van der Waals surface area contributed by atoms with Crippen molar-refractivity contribution in [2.75, 3.05) is 0 Å². The molecule has 2 N–H and O–H groups in total. The van der Waals surface area contributed by atoms with E-state index in [1.807, 2.05) is 0 Å². The van der Waals surface area contributed by atoms with E-state index < -0.39 is 5.91 Å². The Bertz CT molecular complexity index is 756. The van der Waals surface area contributed by atoms with Crippen LogP contribution in [0.1, 0.15) is 5.69 Å². The predicted molar refractivity (Wildman–Crippen MR) is 73.7 cm³/mol. The van der Waals surface area contributed by atoms with Crippen molar-refractivity contribution in [3.63, 3.8) is 0 Å². The van der Waals surface area contributed by atoms with Gasteiger partial charge in [-0.2, -0.15) is 0 Å². The van der Waals surface area contributed by atoms with Crippen LogP contribution < -0.4 is 5.73 Å². The summed E-state index contributed by atoms with van der Waals surface area (Å²) < 4.78 is 5.38. The van der Waals surface area contributed by atoms with Crippen molar-refractivity contribution in [2.24, 2.45) is 5.73 Å². The van der Waals surface area contributed by atoms with Gasteiger partial charge in [0.2, 0.25) is 5.91 Å². The lowest BCUT2D eigenvalue weighted by atomic mass is 10.1. The van der Waals surface area contributed by atoms with E-state index in [0.29, 0.717) is 28.5 Å². The van der Waals surface area contributed by atoms with Gasteiger partial charge in [0.05, 0.1) is 24.1 Å². The summed E-state index contributed by atoms with van der Waals surface area (Å²) in [5, 5.41) is 0. The fourth-order valence-corrected chi connectivity index (χ4v) is 1.89. The maximum atomic E-state index is 11.0. The molecule has 21 heavy (non-hydrogen) atoms. The lowest BCUT2D eigenvalue weighted by Gasteiger charge is -2.07. The van der Waals surface area contributed by atoms with Crippen molar-refractivity contribution in [1.82, 2.24) is 19.9 Å². The molecular formula is C14H11N5O2. The Kier molecular flexibility index (Phi) is 3.38. The Labute approximate surface area is 119 Å². The van der Waals surface area contributed by atoms with Gasteiger partial charge in [-0.25, -0.2) is 15.0 Å². The molecule has 0 saturated heterocycles. The number of primary amides is 1. The van der Waals surface area contributed by atoms with E-state index in [4.69, 9.17) is 10.2 Å². The standard InChI is InChI=1S/C14H11N5O2/c15-12(20)6-9-7-17-13(10-3-4-16-8-18-10)14(19-9)11-2-1-5-21-11/h1-5,7-8H,6H2,(H2,15,20). The van der Waals surface area contributed by atoms with Crippen LogP contribution in [0.25, 0.3) is 22.8 Å². The lowest BCUT2D eigenvalue weighted by Crippen LogP contribution is -2.15. The van der Waals surface area contributed by atoms with Crippen LogP contribution in [0.3, 0.4) is 0 Å². The smallest absolute Gasteiger partial charge is 0.223 e. The van der Waals surface area contributed by atoms with Gasteiger partial charge in [0, 0.05) is 12.4 Å². The Balaban J connectivity index is 2.14. The van der Waals surface area contributed by atoms with Gasteiger partial charge in [-0.15, -0.1) is 0 Å². The van der Waals surface area contributed by atoms with Crippen molar-refractivity contribution in [2.45, 2.75) is 6.42 Å². The third-order valence-corrected chi connectivity index (χ3v) is 2.76. The molecule has 0 fully saturated rings. The van der Waals surface area contributed by atoms with E-state index in [1.54, 1.807) is 30.7 Å². The molecule has 0 spiro atoms. The van der Waals surface area contributed by atoms with E-state index in [-0.39, 0.29) is 6.42 Å². The SMILES string of the molecule is NC(=O)Cc1cnc(-c2ccncn2)c(-c2ccco2)n1. The predicted octanol–water partition coefficient (Wildman–Crippen LogP) is 1.22. The van der Waals surface area contributed by atoms with Crippen molar-refractivity contribution >= 4 is 5.91 Å². The number of amides is 1. The van der Waals surface area contributed by atoms with Crippen molar-refractivity contribution in [1.29, 1.82) is 0 Å². The monoisotopic (exact) mass is 281 g/mol. The fourth-order valence-electron chi connectivity index (χ4n) is 1.89. The van der Waals surface area contributed by atoms with Gasteiger partial charge in [0.1, 0.15) is 17.7 Å². The highest BCUT2D eigenvalue weighted by Gasteiger charge is 2.15. The number of nitrogens with two attached hydrogens (primary N) is 1. The average molecular weight is 281 g/mol. The zero-order valence-electron chi connectivity index (χ0n) is 10.9. The number of aromatic nitrogens is 4. The van der Waals surface area contributed by atoms with E-state index in [1.165, 1.54) is 12.5 Å². The van der Waals surface area contributed by atoms with Gasteiger partial charge in [-0.05, 0) is 18.2 Å². The van der Waals surface area contributed by atoms with E-state index in [2.05, 4.69) is 19.9 Å². The second kappa shape index (κ2) is 5.49. The van der Waals surface area contributed by atoms with Crippen LogP contribution in [0.15, 0.2) is 47.6 Å². The minimum atomic E-state index is -0.468. The number of hydrogen-bond acceptors (Lipinski definition) is 6. The van der Waals surface area contributed by atoms with Crippen LogP contribution >= 0.6 is 0 Å². The molecule has 0 atom stereocenters. The molecule has 7 heteroatoms. The molecule has 0 aromatic carbocycles. The first-order valence-electron chi connectivity index (χ1n) is 6.18. The van der Waals surface area contributed by atoms with Crippen LogP contribution in [0.2, 0.25) is 0 Å². The lowest BCUT2D eigenvalue weighted by molar-refractivity contribution is -0.117. The summed E-state index contributed by atoms with van der Waals surface area (Å²) in [6.07, 6.45) is 6.12. The Morgan fingerprint density at radius 2 is 2.14 bits per heavy atom. The van der Waals surface area contributed by atoms with Gasteiger partial charge >= 0.3 is 0 Å². The van der Waals surface area contributed by atoms with Crippen molar-refractivity contribution in [3.8, 4) is 22.8 Å². The highest BCUT2D eigenvalue weighted by atomic mass is 16.3. The summed E-state index contributed by atoms with van der Waals surface area (Å²) in [5.41, 5.74) is 7.36. The molecule has 7 nitrogen and oxygen atoms in total. The molecule has 0 aliphatic carbocycles. The Hall–Kier alpha value is -3.09. The molecule has 0 aliphatic rings. The third-order valence-electron chi connectivity index (χ3n) is 2.76. The summed E-state index contributed by atoms with van der Waals surface area (Å²) in [7, 11) is 0. The maximum Gasteiger partial charge on any atom is 0.223 e. The third kappa shape index (κ3) is 2.76. The number of carbonyl (C=O) groups is 1. The van der Waals surface area contributed by atoms with Gasteiger partial charge in [0.25, 0.3) is 0 Å². The Morgan fingerprint density at radius 1 is 1.24 bits per heavy atom. The number of nitrogens with zero attached hydrogens (tertiary/aromatic N) is 4. The molecule has 0 radical (unpaired) electrons. The Morgan fingerprint density at radius 3 is 2.81 bits per heavy atom. The van der Waals surface area contributed by atoms with Crippen LogP contribution in [0.5, 0.6) is 0 Å². The number of furan rings is 1. The minimum Gasteiger partial charge on any atom is -0.463 e. The largest absolute Gasteiger partial charge is 0.463 e. The molecule has 0 saturated carbocycles. The molecule has 0 aliphatic heterocycles. The summed E-state index contributed by atoms with van der Waals surface area (Å²) in [5.74, 6) is 0.0758. The maximum absolute atomic E-state index is 11.0. The first-order valence-corrected chi connectivity index (χ1v) is 6.18. The average Bonchev–Trinajstić information content (AvgIpc) is 3.01. The number of carbonyl (C=O) groups excluding carboxylic acids is 1. The molecule has 0 unspecified atom stereocenters. The summed E-state index contributed by atoms with van der Waals surface area (Å²) in [6.45, 7) is 0. The topological polar surface area (TPSA) is 108 Å². The highest BCUT2D eigenvalue weighted by molar-refractivity contribution is 5.77.